The van der Waals surface area contributed by atoms with Gasteiger partial charge in [0.2, 0.25) is 11.1 Å². The lowest BCUT2D eigenvalue weighted by Gasteiger charge is -2.59. The van der Waals surface area contributed by atoms with Gasteiger partial charge in [0.25, 0.3) is 5.78 Å². The Morgan fingerprint density at radius 2 is 1.86 bits per heavy atom. The zero-order chi connectivity index (χ0) is 19.5. The molecular weight excluding hydrogens is 370 g/mol. The normalized spacial score (nSPS) is 32.0. The highest BCUT2D eigenvalue weighted by Crippen LogP contribution is 2.61. The zero-order valence-corrected chi connectivity index (χ0v) is 17.8. The Bertz CT molecular complexity index is 888. The second-order valence-electron chi connectivity index (χ2n) is 9.50. The number of aryl methyl sites for hydroxylation is 2. The van der Waals surface area contributed by atoms with Crippen LogP contribution < -0.4 is 5.32 Å². The Labute approximate surface area is 170 Å². The van der Waals surface area contributed by atoms with Crippen molar-refractivity contribution in [3.63, 3.8) is 0 Å². The van der Waals surface area contributed by atoms with Crippen molar-refractivity contribution in [2.75, 3.05) is 5.75 Å². The van der Waals surface area contributed by atoms with Crippen LogP contribution >= 0.6 is 11.8 Å². The van der Waals surface area contributed by atoms with Crippen LogP contribution in [0, 0.1) is 37.0 Å². The van der Waals surface area contributed by atoms with Gasteiger partial charge in [-0.25, -0.2) is 9.50 Å². The summed E-state index contributed by atoms with van der Waals surface area (Å²) in [4.78, 5) is 21.5. The van der Waals surface area contributed by atoms with Crippen molar-refractivity contribution in [2.24, 2.45) is 23.2 Å². The molecule has 0 unspecified atom stereocenters. The summed E-state index contributed by atoms with van der Waals surface area (Å²) in [7, 11) is 0. The van der Waals surface area contributed by atoms with Crippen LogP contribution in [0.1, 0.15) is 56.8 Å². The Balaban J connectivity index is 1.21. The summed E-state index contributed by atoms with van der Waals surface area (Å²) in [6.07, 6.45) is 8.23. The minimum Gasteiger partial charge on any atom is -0.352 e. The molecule has 7 heteroatoms. The third-order valence-electron chi connectivity index (χ3n) is 7.31. The molecule has 0 radical (unpaired) electrons. The fourth-order valence-corrected chi connectivity index (χ4v) is 7.11. The van der Waals surface area contributed by atoms with Crippen LogP contribution in [0.5, 0.6) is 0 Å². The number of thioether (sulfide) groups is 1. The van der Waals surface area contributed by atoms with E-state index in [4.69, 9.17) is 0 Å². The van der Waals surface area contributed by atoms with Gasteiger partial charge in [-0.15, -0.1) is 5.10 Å². The maximum absolute atomic E-state index is 12.6. The van der Waals surface area contributed by atoms with Crippen molar-refractivity contribution < 1.29 is 4.79 Å². The number of aromatic nitrogens is 4. The van der Waals surface area contributed by atoms with Gasteiger partial charge < -0.3 is 5.32 Å². The van der Waals surface area contributed by atoms with Crippen LogP contribution in [0.2, 0.25) is 0 Å². The van der Waals surface area contributed by atoms with Gasteiger partial charge in [-0.3, -0.25) is 4.79 Å². The molecule has 0 spiro atoms. The molecule has 4 aliphatic rings. The summed E-state index contributed by atoms with van der Waals surface area (Å²) in [6.45, 7) is 6.17. The lowest BCUT2D eigenvalue weighted by molar-refractivity contribution is -0.123. The predicted octanol–water partition coefficient (Wildman–Crippen LogP) is 3.55. The molecular formula is C21H29N5OS. The molecule has 2 aromatic heterocycles. The largest absolute Gasteiger partial charge is 0.352 e. The van der Waals surface area contributed by atoms with Gasteiger partial charge in [-0.05, 0) is 88.5 Å². The standard InChI is InChI=1S/C21H29N5OS/c1-12-4-13(2)26-19(22-12)24-20(25-26)28-11-18(27)23-14(3)21-8-15-5-16(9-21)7-17(6-15)10-21/h4,14-17H,5-11H2,1-3H3,(H,23,27)/t14-,15?,16?,17?,21?/m1/s1. The topological polar surface area (TPSA) is 72.2 Å². The monoisotopic (exact) mass is 399 g/mol. The van der Waals surface area contributed by atoms with Crippen LogP contribution in [0.15, 0.2) is 11.2 Å². The predicted molar refractivity (Wildman–Crippen MR) is 109 cm³/mol. The van der Waals surface area contributed by atoms with Gasteiger partial charge >= 0.3 is 0 Å². The van der Waals surface area contributed by atoms with E-state index in [1.807, 2.05) is 19.9 Å². The van der Waals surface area contributed by atoms with E-state index < -0.39 is 0 Å². The molecule has 0 aliphatic heterocycles. The number of amides is 1. The van der Waals surface area contributed by atoms with Crippen molar-refractivity contribution in [3.05, 3.63) is 17.5 Å². The van der Waals surface area contributed by atoms with Gasteiger partial charge in [-0.1, -0.05) is 11.8 Å². The fraction of sp³-hybridized carbons (Fsp3) is 0.714. The van der Waals surface area contributed by atoms with Gasteiger partial charge in [0, 0.05) is 17.4 Å². The van der Waals surface area contributed by atoms with Crippen molar-refractivity contribution in [1.29, 1.82) is 0 Å². The molecule has 1 amide bonds. The van der Waals surface area contributed by atoms with Crippen LogP contribution in [0.4, 0.5) is 0 Å². The SMILES string of the molecule is Cc1cc(C)n2nc(SCC(=O)N[C@H](C)C34CC5CC(CC(C5)C3)C4)nc2n1. The molecule has 4 fully saturated rings. The summed E-state index contributed by atoms with van der Waals surface area (Å²) in [5.74, 6) is 3.75. The highest BCUT2D eigenvalue weighted by molar-refractivity contribution is 7.99. The molecule has 6 nitrogen and oxygen atoms in total. The maximum atomic E-state index is 12.6. The van der Waals surface area contributed by atoms with E-state index >= 15 is 0 Å². The number of rotatable bonds is 5. The summed E-state index contributed by atoms with van der Waals surface area (Å²) in [5.41, 5.74) is 2.27. The lowest BCUT2D eigenvalue weighted by atomic mass is 9.48. The number of nitrogens with zero attached hydrogens (tertiary/aromatic N) is 4. The first-order valence-electron chi connectivity index (χ1n) is 10.5. The van der Waals surface area contributed by atoms with E-state index in [0.29, 0.717) is 22.1 Å². The second kappa shape index (κ2) is 6.71. The minimum atomic E-state index is 0.0907. The average molecular weight is 400 g/mol. The highest BCUT2D eigenvalue weighted by Gasteiger charge is 2.53. The van der Waals surface area contributed by atoms with Gasteiger partial charge in [-0.2, -0.15) is 4.98 Å². The quantitative estimate of drug-likeness (QED) is 0.779. The summed E-state index contributed by atoms with van der Waals surface area (Å²) >= 11 is 1.39. The molecule has 1 atom stereocenters. The minimum absolute atomic E-state index is 0.0907. The van der Waals surface area contributed by atoms with Gasteiger partial charge in [0.1, 0.15) is 0 Å². The Hall–Kier alpha value is -1.63. The molecule has 0 saturated heterocycles. The van der Waals surface area contributed by atoms with Crippen molar-refractivity contribution in [3.8, 4) is 0 Å². The van der Waals surface area contributed by atoms with Crippen molar-refractivity contribution >= 4 is 23.4 Å². The van der Waals surface area contributed by atoms with Crippen LogP contribution in [0.25, 0.3) is 5.78 Å². The first-order chi connectivity index (χ1) is 13.4. The number of hydrogen-bond acceptors (Lipinski definition) is 5. The molecule has 6 rings (SSSR count). The Morgan fingerprint density at radius 3 is 2.50 bits per heavy atom. The molecule has 4 aliphatic carbocycles. The van der Waals surface area contributed by atoms with Gasteiger partial charge in [0.05, 0.1) is 5.75 Å². The average Bonchev–Trinajstić information content (AvgIpc) is 3.02. The first kappa shape index (κ1) is 18.4. The summed E-state index contributed by atoms with van der Waals surface area (Å²) in [5, 5.41) is 8.42. The number of carbonyl (C=O) groups is 1. The lowest BCUT2D eigenvalue weighted by Crippen LogP contribution is -2.56. The van der Waals surface area contributed by atoms with Crippen molar-refractivity contribution in [2.45, 2.75) is 70.5 Å². The molecule has 2 heterocycles. The molecule has 4 bridgehead atoms. The summed E-state index contributed by atoms with van der Waals surface area (Å²) < 4.78 is 1.74. The Kier molecular flexibility index (Phi) is 4.41. The number of nitrogens with one attached hydrogen (secondary N) is 1. The molecule has 150 valence electrons. The van der Waals surface area contributed by atoms with E-state index in [9.17, 15) is 4.79 Å². The van der Waals surface area contributed by atoms with Gasteiger partial charge in [0.15, 0.2) is 0 Å². The van der Waals surface area contributed by atoms with E-state index in [2.05, 4.69) is 27.3 Å². The summed E-state index contributed by atoms with van der Waals surface area (Å²) in [6, 6.07) is 2.24. The maximum Gasteiger partial charge on any atom is 0.253 e. The third kappa shape index (κ3) is 3.21. The number of fused-ring (bicyclic) bond motifs is 1. The van der Waals surface area contributed by atoms with E-state index in [1.54, 1.807) is 4.52 Å². The van der Waals surface area contributed by atoms with E-state index in [0.717, 1.165) is 29.1 Å². The number of carbonyl (C=O) groups excluding carboxylic acids is 1. The molecule has 4 saturated carbocycles. The van der Waals surface area contributed by atoms with Crippen LogP contribution in [-0.2, 0) is 4.79 Å². The smallest absolute Gasteiger partial charge is 0.253 e. The molecule has 2 aromatic rings. The number of hydrogen-bond donors (Lipinski definition) is 1. The molecule has 1 N–H and O–H groups in total. The first-order valence-corrected chi connectivity index (χ1v) is 11.5. The third-order valence-corrected chi connectivity index (χ3v) is 8.15. The molecule has 28 heavy (non-hydrogen) atoms. The fourth-order valence-electron chi connectivity index (χ4n) is 6.48. The second-order valence-corrected chi connectivity index (χ2v) is 10.4. The van der Waals surface area contributed by atoms with E-state index in [1.165, 1.54) is 50.3 Å². The van der Waals surface area contributed by atoms with E-state index in [-0.39, 0.29) is 11.9 Å². The zero-order valence-electron chi connectivity index (χ0n) is 16.9. The van der Waals surface area contributed by atoms with Crippen LogP contribution in [-0.4, -0.2) is 37.3 Å². The van der Waals surface area contributed by atoms with Crippen LogP contribution in [0.3, 0.4) is 0 Å². The highest BCUT2D eigenvalue weighted by atomic mass is 32.2. The Morgan fingerprint density at radius 1 is 1.21 bits per heavy atom. The molecule has 0 aromatic carbocycles. The van der Waals surface area contributed by atoms with Crippen molar-refractivity contribution in [1.82, 2.24) is 24.9 Å².